The number of aromatic nitrogens is 6. The highest BCUT2D eigenvalue weighted by Gasteiger charge is 2.25. The van der Waals surface area contributed by atoms with Gasteiger partial charge in [-0.25, -0.2) is 9.37 Å². The number of rotatable bonds is 9. The quantitative estimate of drug-likeness (QED) is 0.161. The van der Waals surface area contributed by atoms with Crippen LogP contribution >= 0.6 is 0 Å². The average Bonchev–Trinajstić information content (AvgIpc) is 3.59. The maximum absolute atomic E-state index is 14.7. The van der Waals surface area contributed by atoms with Crippen LogP contribution in [0.3, 0.4) is 0 Å². The lowest BCUT2D eigenvalue weighted by molar-refractivity contribution is -0.122. The molecule has 0 radical (unpaired) electrons. The van der Waals surface area contributed by atoms with Crippen molar-refractivity contribution in [2.45, 2.75) is 19.3 Å². The van der Waals surface area contributed by atoms with E-state index in [1.54, 1.807) is 18.6 Å². The number of hydrogen-bond donors (Lipinski definition) is 4. The van der Waals surface area contributed by atoms with Crippen LogP contribution in [0.5, 0.6) is 0 Å². The van der Waals surface area contributed by atoms with Crippen molar-refractivity contribution in [1.29, 1.82) is 0 Å². The third-order valence-electron chi connectivity index (χ3n) is 8.06. The molecule has 0 unspecified atom stereocenters. The maximum atomic E-state index is 14.7. The molecule has 4 N–H and O–H groups in total. The number of pyridine rings is 2. The molecule has 4 aromatic heterocycles. The third-order valence-corrected chi connectivity index (χ3v) is 8.06. The van der Waals surface area contributed by atoms with Crippen molar-refractivity contribution >= 4 is 39.2 Å². The number of amides is 1. The van der Waals surface area contributed by atoms with Gasteiger partial charge in [-0.05, 0) is 68.9 Å². The Kier molecular flexibility index (Phi) is 7.23. The molecule has 222 valence electrons. The van der Waals surface area contributed by atoms with Crippen LogP contribution in [0.15, 0.2) is 67.1 Å². The first-order valence-corrected chi connectivity index (χ1v) is 14.7. The van der Waals surface area contributed by atoms with Gasteiger partial charge in [0, 0.05) is 47.4 Å². The van der Waals surface area contributed by atoms with Crippen LogP contribution in [0.4, 0.5) is 15.8 Å². The molecule has 0 aliphatic heterocycles. The molecule has 7 rings (SSSR count). The predicted molar refractivity (Wildman–Crippen MR) is 171 cm³/mol. The lowest BCUT2D eigenvalue weighted by Crippen LogP contribution is -2.28. The highest BCUT2D eigenvalue weighted by molar-refractivity contribution is 5.98. The highest BCUT2D eigenvalue weighted by atomic mass is 19.1. The summed E-state index contributed by atoms with van der Waals surface area (Å²) in [5.74, 6) is 0.382. The molecule has 4 heterocycles. The summed E-state index contributed by atoms with van der Waals surface area (Å²) in [6, 6.07) is 14.6. The Bertz CT molecular complexity index is 1990. The zero-order chi connectivity index (χ0) is 30.2. The van der Waals surface area contributed by atoms with Crippen LogP contribution in [0.2, 0.25) is 0 Å². The fraction of sp³-hybridized carbons (Fsp3) is 0.242. The second-order valence-electron chi connectivity index (χ2n) is 11.5. The summed E-state index contributed by atoms with van der Waals surface area (Å²) in [5.41, 5.74) is 7.30. The second-order valence-corrected chi connectivity index (χ2v) is 11.5. The first-order chi connectivity index (χ1) is 21.4. The van der Waals surface area contributed by atoms with Gasteiger partial charge in [0.2, 0.25) is 5.91 Å². The first-order valence-electron chi connectivity index (χ1n) is 14.7. The van der Waals surface area contributed by atoms with E-state index in [9.17, 15) is 9.18 Å². The smallest absolute Gasteiger partial charge is 0.227 e. The minimum Gasteiger partial charge on any atom is -0.384 e. The van der Waals surface area contributed by atoms with Crippen LogP contribution in [0, 0.1) is 11.7 Å². The van der Waals surface area contributed by atoms with Gasteiger partial charge in [-0.1, -0.05) is 18.6 Å². The normalized spacial score (nSPS) is 13.5. The van der Waals surface area contributed by atoms with Gasteiger partial charge in [0.25, 0.3) is 0 Å². The summed E-state index contributed by atoms with van der Waals surface area (Å²) in [4.78, 5) is 31.8. The number of hydrogen-bond acceptors (Lipinski definition) is 7. The van der Waals surface area contributed by atoms with Gasteiger partial charge in [0.05, 0.1) is 40.3 Å². The van der Waals surface area contributed by atoms with Crippen molar-refractivity contribution in [2.24, 2.45) is 5.92 Å². The summed E-state index contributed by atoms with van der Waals surface area (Å²) in [5, 5.41) is 14.7. The topological polar surface area (TPSA) is 128 Å². The summed E-state index contributed by atoms with van der Waals surface area (Å²) in [6.07, 6.45) is 8.06. The molecule has 1 fully saturated rings. The number of H-pyrrole nitrogens is 2. The fourth-order valence-corrected chi connectivity index (χ4v) is 5.47. The van der Waals surface area contributed by atoms with Gasteiger partial charge in [-0.3, -0.25) is 19.9 Å². The van der Waals surface area contributed by atoms with E-state index in [0.717, 1.165) is 64.4 Å². The van der Waals surface area contributed by atoms with Gasteiger partial charge >= 0.3 is 0 Å². The Morgan fingerprint density at radius 1 is 1.02 bits per heavy atom. The number of halogens is 1. The van der Waals surface area contributed by atoms with E-state index in [1.165, 1.54) is 12.1 Å². The van der Waals surface area contributed by atoms with Gasteiger partial charge in [-0.15, -0.1) is 0 Å². The van der Waals surface area contributed by atoms with Crippen molar-refractivity contribution in [3.05, 3.63) is 72.9 Å². The first kappa shape index (κ1) is 27.7. The Balaban J connectivity index is 1.21. The molecule has 11 heteroatoms. The molecule has 1 saturated carbocycles. The summed E-state index contributed by atoms with van der Waals surface area (Å²) < 4.78 is 14.7. The molecule has 0 saturated heterocycles. The largest absolute Gasteiger partial charge is 0.384 e. The summed E-state index contributed by atoms with van der Waals surface area (Å²) >= 11 is 0. The SMILES string of the molecule is CN(C)CCNc1cc(F)cc(-c2cccc3[nH]c(-c4n[nH]c5cnc(-c6cncc(NC(=O)C7CCC7)c6)cc45)nc23)c1. The third kappa shape index (κ3) is 5.49. The summed E-state index contributed by atoms with van der Waals surface area (Å²) in [7, 11) is 4.00. The number of imidazole rings is 1. The van der Waals surface area contributed by atoms with E-state index >= 15 is 0 Å². The molecule has 1 aliphatic carbocycles. The van der Waals surface area contributed by atoms with Crippen molar-refractivity contribution in [3.8, 4) is 33.9 Å². The van der Waals surface area contributed by atoms with Crippen LogP contribution in [0.1, 0.15) is 19.3 Å². The van der Waals surface area contributed by atoms with E-state index in [0.29, 0.717) is 35.1 Å². The van der Waals surface area contributed by atoms with Crippen molar-refractivity contribution in [2.75, 3.05) is 37.8 Å². The Morgan fingerprint density at radius 2 is 1.89 bits per heavy atom. The minimum atomic E-state index is -0.317. The Hall–Kier alpha value is -5.16. The van der Waals surface area contributed by atoms with Gasteiger partial charge in [-0.2, -0.15) is 5.10 Å². The molecular weight excluding hydrogens is 557 g/mol. The number of nitrogens with one attached hydrogen (secondary N) is 4. The number of carbonyl (C=O) groups is 1. The molecule has 2 aromatic carbocycles. The Morgan fingerprint density at radius 3 is 2.70 bits per heavy atom. The van der Waals surface area contributed by atoms with Crippen LogP contribution in [-0.2, 0) is 4.79 Å². The second kappa shape index (κ2) is 11.5. The molecule has 10 nitrogen and oxygen atoms in total. The number of aromatic amines is 2. The number of para-hydroxylation sites is 1. The lowest BCUT2D eigenvalue weighted by Gasteiger charge is -2.24. The lowest BCUT2D eigenvalue weighted by atomic mass is 9.85. The molecule has 0 bridgehead atoms. The number of fused-ring (bicyclic) bond motifs is 2. The minimum absolute atomic E-state index is 0.0371. The van der Waals surface area contributed by atoms with E-state index in [2.05, 4.69) is 40.7 Å². The zero-order valence-corrected chi connectivity index (χ0v) is 24.5. The van der Waals surface area contributed by atoms with E-state index in [4.69, 9.17) is 4.98 Å². The summed E-state index contributed by atoms with van der Waals surface area (Å²) in [6.45, 7) is 1.53. The number of nitrogens with zero attached hydrogens (tertiary/aromatic N) is 5. The zero-order valence-electron chi connectivity index (χ0n) is 24.5. The van der Waals surface area contributed by atoms with E-state index < -0.39 is 0 Å². The van der Waals surface area contributed by atoms with Crippen LogP contribution in [0.25, 0.3) is 55.8 Å². The van der Waals surface area contributed by atoms with Gasteiger partial charge in [0.15, 0.2) is 5.82 Å². The molecule has 1 aliphatic rings. The Labute approximate surface area is 253 Å². The van der Waals surface area contributed by atoms with Gasteiger partial charge < -0.3 is 20.5 Å². The van der Waals surface area contributed by atoms with Crippen molar-refractivity contribution in [1.82, 2.24) is 35.0 Å². The fourth-order valence-electron chi connectivity index (χ4n) is 5.47. The van der Waals surface area contributed by atoms with E-state index in [1.807, 2.05) is 50.5 Å². The molecule has 44 heavy (non-hydrogen) atoms. The average molecular weight is 590 g/mol. The van der Waals surface area contributed by atoms with Gasteiger partial charge in [0.1, 0.15) is 11.5 Å². The predicted octanol–water partition coefficient (Wildman–Crippen LogP) is 6.08. The molecular formula is C33H32FN9O. The van der Waals surface area contributed by atoms with Crippen LogP contribution in [-0.4, -0.2) is 68.1 Å². The van der Waals surface area contributed by atoms with Crippen LogP contribution < -0.4 is 10.6 Å². The molecule has 0 atom stereocenters. The number of likely N-dealkylation sites (N-methyl/N-ethyl adjacent to an activating group) is 1. The number of anilines is 2. The number of carbonyl (C=O) groups excluding carboxylic acids is 1. The molecule has 6 aromatic rings. The van der Waals surface area contributed by atoms with E-state index in [-0.39, 0.29) is 17.6 Å². The van der Waals surface area contributed by atoms with Crippen molar-refractivity contribution < 1.29 is 9.18 Å². The highest BCUT2D eigenvalue weighted by Crippen LogP contribution is 2.34. The molecule has 1 amide bonds. The monoisotopic (exact) mass is 589 g/mol. The standard InChI is InChI=1S/C33H32FN9O/c1-43(2)10-9-36-23-12-20(11-22(34)14-23)25-7-4-8-27-30(25)40-32(39-27)31-26-15-28(37-18-29(26)41-42-31)21-13-24(17-35-16-21)38-33(44)19-5-3-6-19/h4,7-8,11-19,36H,3,5-6,9-10H2,1-2H3,(H,38,44)(H,39,40)(H,41,42). The maximum Gasteiger partial charge on any atom is 0.227 e. The molecule has 0 spiro atoms. The van der Waals surface area contributed by atoms with Crippen molar-refractivity contribution in [3.63, 3.8) is 0 Å². The number of benzene rings is 2.